The highest BCUT2D eigenvalue weighted by atomic mass is 16.5. The summed E-state index contributed by atoms with van der Waals surface area (Å²) in [5.41, 5.74) is 3.75. The van der Waals surface area contributed by atoms with Gasteiger partial charge in [-0.2, -0.15) is 0 Å². The molecule has 0 aliphatic heterocycles. The summed E-state index contributed by atoms with van der Waals surface area (Å²) in [6.45, 7) is 2.47. The molecule has 3 aromatic rings. The third-order valence-electron chi connectivity index (χ3n) is 4.32. The summed E-state index contributed by atoms with van der Waals surface area (Å²) >= 11 is 0. The molecule has 3 rings (SSSR count). The van der Waals surface area contributed by atoms with Crippen LogP contribution in [0.3, 0.4) is 0 Å². The number of carbonyl (C=O) groups excluding carboxylic acids is 1. The van der Waals surface area contributed by atoms with Crippen molar-refractivity contribution in [3.63, 3.8) is 0 Å². The average Bonchev–Trinajstić information content (AvgIpc) is 3.07. The second-order valence-corrected chi connectivity index (χ2v) is 6.40. The number of aromatic nitrogens is 1. The Morgan fingerprint density at radius 2 is 1.93 bits per heavy atom. The van der Waals surface area contributed by atoms with Gasteiger partial charge in [0.1, 0.15) is 5.52 Å². The summed E-state index contributed by atoms with van der Waals surface area (Å²) in [5.74, 6) is 1.98. The lowest BCUT2D eigenvalue weighted by molar-refractivity contribution is -0.121. The highest BCUT2D eigenvalue weighted by Gasteiger charge is 2.09. The zero-order valence-corrected chi connectivity index (χ0v) is 15.9. The number of hydrogen-bond acceptors (Lipinski definition) is 5. The third kappa shape index (κ3) is 4.78. The number of fused-ring (bicyclic) bond motifs is 1. The van der Waals surface area contributed by atoms with Gasteiger partial charge in [-0.3, -0.25) is 4.79 Å². The van der Waals surface area contributed by atoms with E-state index in [9.17, 15) is 4.79 Å². The summed E-state index contributed by atoms with van der Waals surface area (Å²) < 4.78 is 16.2. The second-order valence-electron chi connectivity index (χ2n) is 6.40. The van der Waals surface area contributed by atoms with Crippen LogP contribution in [0.25, 0.3) is 11.1 Å². The predicted octanol–water partition coefficient (Wildman–Crippen LogP) is 3.79. The van der Waals surface area contributed by atoms with E-state index >= 15 is 0 Å². The van der Waals surface area contributed by atoms with Gasteiger partial charge in [-0.25, -0.2) is 4.98 Å². The molecule has 0 unspecified atom stereocenters. The van der Waals surface area contributed by atoms with Crippen molar-refractivity contribution in [1.29, 1.82) is 0 Å². The van der Waals surface area contributed by atoms with E-state index in [0.717, 1.165) is 22.2 Å². The first-order valence-electron chi connectivity index (χ1n) is 8.92. The molecular weight excluding hydrogens is 344 g/mol. The number of benzene rings is 2. The van der Waals surface area contributed by atoms with E-state index in [1.807, 2.05) is 43.3 Å². The highest BCUT2D eigenvalue weighted by Crippen LogP contribution is 2.27. The molecule has 6 nitrogen and oxygen atoms in total. The van der Waals surface area contributed by atoms with Crippen LogP contribution in [0.15, 0.2) is 40.8 Å². The number of nitrogens with one attached hydrogen (secondary N) is 1. The van der Waals surface area contributed by atoms with Gasteiger partial charge in [0.05, 0.1) is 14.2 Å². The fourth-order valence-corrected chi connectivity index (χ4v) is 2.87. The summed E-state index contributed by atoms with van der Waals surface area (Å²) in [4.78, 5) is 16.6. The van der Waals surface area contributed by atoms with E-state index in [1.54, 1.807) is 14.2 Å². The molecule has 1 N–H and O–H groups in total. The first kappa shape index (κ1) is 18.8. The third-order valence-corrected chi connectivity index (χ3v) is 4.32. The Balaban J connectivity index is 1.46. The maximum atomic E-state index is 12.1. The number of rotatable bonds is 8. The molecule has 0 saturated heterocycles. The molecule has 0 aliphatic rings. The molecule has 0 bridgehead atoms. The van der Waals surface area contributed by atoms with Crippen molar-refractivity contribution in [3.8, 4) is 11.5 Å². The van der Waals surface area contributed by atoms with E-state index in [4.69, 9.17) is 13.9 Å². The van der Waals surface area contributed by atoms with Crippen molar-refractivity contribution < 1.29 is 18.7 Å². The van der Waals surface area contributed by atoms with Crippen LogP contribution in [0.4, 0.5) is 0 Å². The lowest BCUT2D eigenvalue weighted by Gasteiger charge is -2.10. The van der Waals surface area contributed by atoms with E-state index < -0.39 is 0 Å². The molecule has 0 spiro atoms. The minimum Gasteiger partial charge on any atom is -0.493 e. The van der Waals surface area contributed by atoms with Gasteiger partial charge >= 0.3 is 0 Å². The fraction of sp³-hybridized carbons (Fsp3) is 0.333. The monoisotopic (exact) mass is 368 g/mol. The number of hydrogen-bond donors (Lipinski definition) is 1. The number of amides is 1. The minimum absolute atomic E-state index is 0.00302. The SMILES string of the molecule is COc1ccc(CNC(=O)CCCc2nc3cc(C)ccc3o2)cc1OC. The van der Waals surface area contributed by atoms with Crippen LogP contribution in [-0.2, 0) is 17.8 Å². The van der Waals surface area contributed by atoms with Crippen LogP contribution in [-0.4, -0.2) is 25.1 Å². The second kappa shape index (κ2) is 8.58. The van der Waals surface area contributed by atoms with E-state index in [1.165, 1.54) is 0 Å². The molecular formula is C21H24N2O4. The topological polar surface area (TPSA) is 73.6 Å². The summed E-state index contributed by atoms with van der Waals surface area (Å²) in [5, 5.41) is 2.92. The molecule has 2 aromatic carbocycles. The Kier molecular flexibility index (Phi) is 5.96. The molecule has 1 heterocycles. The number of aryl methyl sites for hydroxylation is 2. The maximum absolute atomic E-state index is 12.1. The molecule has 142 valence electrons. The Bertz CT molecular complexity index is 933. The molecule has 1 amide bonds. The van der Waals surface area contributed by atoms with Crippen LogP contribution >= 0.6 is 0 Å². The molecule has 0 saturated carbocycles. The Labute approximate surface area is 158 Å². The number of carbonyl (C=O) groups is 1. The quantitative estimate of drug-likeness (QED) is 0.655. The summed E-state index contributed by atoms with van der Waals surface area (Å²) in [6.07, 6.45) is 1.74. The van der Waals surface area contributed by atoms with Crippen LogP contribution < -0.4 is 14.8 Å². The van der Waals surface area contributed by atoms with Crippen LogP contribution in [0.5, 0.6) is 11.5 Å². The molecule has 0 atom stereocenters. The van der Waals surface area contributed by atoms with Gasteiger partial charge in [-0.05, 0) is 48.7 Å². The van der Waals surface area contributed by atoms with Gasteiger partial charge in [0.25, 0.3) is 0 Å². The smallest absolute Gasteiger partial charge is 0.220 e. The first-order valence-corrected chi connectivity index (χ1v) is 8.92. The van der Waals surface area contributed by atoms with Crippen molar-refractivity contribution in [3.05, 3.63) is 53.4 Å². The first-order chi connectivity index (χ1) is 13.1. The average molecular weight is 368 g/mol. The van der Waals surface area contributed by atoms with Crippen molar-refractivity contribution in [1.82, 2.24) is 10.3 Å². The molecule has 1 aromatic heterocycles. The van der Waals surface area contributed by atoms with Gasteiger partial charge in [0.2, 0.25) is 5.91 Å². The van der Waals surface area contributed by atoms with Crippen LogP contribution in [0.2, 0.25) is 0 Å². The van der Waals surface area contributed by atoms with Gasteiger partial charge in [0.15, 0.2) is 23.0 Å². The fourth-order valence-electron chi connectivity index (χ4n) is 2.87. The highest BCUT2D eigenvalue weighted by molar-refractivity contribution is 5.76. The van der Waals surface area contributed by atoms with Gasteiger partial charge in [-0.1, -0.05) is 12.1 Å². The minimum atomic E-state index is -0.00302. The molecule has 27 heavy (non-hydrogen) atoms. The summed E-state index contributed by atoms with van der Waals surface area (Å²) in [6, 6.07) is 11.5. The number of methoxy groups -OCH3 is 2. The number of ether oxygens (including phenoxy) is 2. The van der Waals surface area contributed by atoms with Crippen LogP contribution in [0.1, 0.15) is 29.9 Å². The van der Waals surface area contributed by atoms with Crippen molar-refractivity contribution >= 4 is 17.0 Å². The number of oxazole rings is 1. The molecule has 0 fully saturated rings. The Morgan fingerprint density at radius 1 is 1.11 bits per heavy atom. The lowest BCUT2D eigenvalue weighted by Crippen LogP contribution is -2.22. The van der Waals surface area contributed by atoms with E-state index in [-0.39, 0.29) is 5.91 Å². The molecule has 0 radical (unpaired) electrons. The van der Waals surface area contributed by atoms with Crippen molar-refractivity contribution in [2.75, 3.05) is 14.2 Å². The molecule has 0 aliphatic carbocycles. The number of nitrogens with zero attached hydrogens (tertiary/aromatic N) is 1. The molecule has 6 heteroatoms. The van der Waals surface area contributed by atoms with Crippen molar-refractivity contribution in [2.24, 2.45) is 0 Å². The predicted molar refractivity (Wildman–Crippen MR) is 103 cm³/mol. The van der Waals surface area contributed by atoms with Crippen LogP contribution in [0, 0.1) is 6.92 Å². The Morgan fingerprint density at radius 3 is 2.70 bits per heavy atom. The van der Waals surface area contributed by atoms with Gasteiger partial charge < -0.3 is 19.2 Å². The van der Waals surface area contributed by atoms with Gasteiger partial charge in [-0.15, -0.1) is 0 Å². The normalized spacial score (nSPS) is 10.8. The standard InChI is InChI=1S/C21H24N2O4/c1-14-7-9-17-16(11-14)23-21(27-17)6-4-5-20(24)22-13-15-8-10-18(25-2)19(12-15)26-3/h7-12H,4-6,13H2,1-3H3,(H,22,24). The lowest BCUT2D eigenvalue weighted by atomic mass is 10.2. The van der Waals surface area contributed by atoms with E-state index in [0.29, 0.717) is 43.2 Å². The van der Waals surface area contributed by atoms with Gasteiger partial charge in [0, 0.05) is 19.4 Å². The zero-order chi connectivity index (χ0) is 19.2. The summed E-state index contributed by atoms with van der Waals surface area (Å²) in [7, 11) is 3.19. The van der Waals surface area contributed by atoms with Crippen molar-refractivity contribution in [2.45, 2.75) is 32.7 Å². The largest absolute Gasteiger partial charge is 0.493 e. The maximum Gasteiger partial charge on any atom is 0.220 e. The van der Waals surface area contributed by atoms with E-state index in [2.05, 4.69) is 10.3 Å². The Hall–Kier alpha value is -3.02. The zero-order valence-electron chi connectivity index (χ0n) is 15.9.